The number of halogens is 5. The molecule has 3 rings (SSSR count). The van der Waals surface area contributed by atoms with E-state index in [4.69, 9.17) is 4.74 Å². The van der Waals surface area contributed by atoms with E-state index in [1.54, 1.807) is 6.92 Å². The number of ether oxygens (including phenoxy) is 1. The molecule has 6 nitrogen and oxygen atoms in total. The van der Waals surface area contributed by atoms with Gasteiger partial charge in [0.1, 0.15) is 0 Å². The van der Waals surface area contributed by atoms with E-state index in [0.29, 0.717) is 5.56 Å². The average Bonchev–Trinajstić information content (AvgIpc) is 2.76. The number of nitrogens with one attached hydrogen (secondary N) is 1. The Morgan fingerprint density at radius 1 is 1.00 bits per heavy atom. The van der Waals surface area contributed by atoms with Gasteiger partial charge in [0.15, 0.2) is 23.3 Å². The molecule has 0 saturated carbocycles. The Bertz CT molecular complexity index is 1110. The van der Waals surface area contributed by atoms with Gasteiger partial charge >= 0.3 is 0 Å². The summed E-state index contributed by atoms with van der Waals surface area (Å²) in [6.07, 6.45) is -1.15. The number of morpholine rings is 1. The lowest BCUT2D eigenvalue weighted by atomic mass is 10.1. The van der Waals surface area contributed by atoms with Gasteiger partial charge in [-0.2, -0.15) is 4.31 Å². The molecule has 168 valence electrons. The van der Waals surface area contributed by atoms with Gasteiger partial charge in [0.25, 0.3) is 0 Å². The second kappa shape index (κ2) is 8.89. The fraction of sp³-hybridized carbons (Fsp3) is 0.316. The van der Waals surface area contributed by atoms with Crippen LogP contribution in [0.1, 0.15) is 11.1 Å². The predicted octanol–water partition coefficient (Wildman–Crippen LogP) is 2.89. The Kier molecular flexibility index (Phi) is 6.62. The molecule has 1 amide bonds. The second-order valence-corrected chi connectivity index (χ2v) is 8.70. The fourth-order valence-corrected chi connectivity index (χ4v) is 4.43. The number of aryl methyl sites for hydroxylation is 1. The van der Waals surface area contributed by atoms with E-state index in [2.05, 4.69) is 5.32 Å². The summed E-state index contributed by atoms with van der Waals surface area (Å²) >= 11 is 0. The van der Waals surface area contributed by atoms with Crippen molar-refractivity contribution in [1.29, 1.82) is 0 Å². The Balaban J connectivity index is 1.85. The standard InChI is InChI=1S/C19H17F5N2O4S/c1-10-2-3-11(31(28,29)26-4-6-30-7-5-26)8-13(10)25-14(27)9-12-15(20)17(22)19(24)18(23)16(12)21/h2-3,8H,4-7,9H2,1H3,(H,25,27). The highest BCUT2D eigenvalue weighted by Crippen LogP contribution is 2.26. The molecule has 0 bridgehead atoms. The maximum atomic E-state index is 13.8. The normalized spacial score (nSPS) is 15.2. The molecule has 0 spiro atoms. The molecule has 12 heteroatoms. The van der Waals surface area contributed by atoms with Crippen LogP contribution in [-0.4, -0.2) is 44.9 Å². The molecular formula is C19H17F5N2O4S. The van der Waals surface area contributed by atoms with Crippen LogP contribution in [0.4, 0.5) is 27.6 Å². The molecule has 2 aromatic rings. The van der Waals surface area contributed by atoms with E-state index < -0.39 is 57.0 Å². The lowest BCUT2D eigenvalue weighted by Gasteiger charge is -2.26. The lowest BCUT2D eigenvalue weighted by molar-refractivity contribution is -0.115. The van der Waals surface area contributed by atoms with Crippen LogP contribution in [0, 0.1) is 36.0 Å². The summed E-state index contributed by atoms with van der Waals surface area (Å²) in [5, 5.41) is 2.26. The van der Waals surface area contributed by atoms with Crippen molar-refractivity contribution in [3.8, 4) is 0 Å². The van der Waals surface area contributed by atoms with Crippen LogP contribution in [0.5, 0.6) is 0 Å². The molecular weight excluding hydrogens is 447 g/mol. The van der Waals surface area contributed by atoms with Gasteiger partial charge in [0, 0.05) is 24.3 Å². The third-order valence-electron chi connectivity index (χ3n) is 4.73. The zero-order valence-corrected chi connectivity index (χ0v) is 17.0. The number of rotatable bonds is 5. The number of carbonyl (C=O) groups is 1. The molecule has 1 aliphatic heterocycles. The van der Waals surface area contributed by atoms with Crippen LogP contribution < -0.4 is 5.32 Å². The third kappa shape index (κ3) is 4.55. The van der Waals surface area contributed by atoms with Gasteiger partial charge in [-0.1, -0.05) is 6.07 Å². The Morgan fingerprint density at radius 3 is 2.13 bits per heavy atom. The van der Waals surface area contributed by atoms with E-state index in [0.717, 1.165) is 6.07 Å². The van der Waals surface area contributed by atoms with Crippen LogP contribution >= 0.6 is 0 Å². The first-order chi connectivity index (χ1) is 14.5. The van der Waals surface area contributed by atoms with Crippen molar-refractivity contribution in [3.63, 3.8) is 0 Å². The second-order valence-electron chi connectivity index (χ2n) is 6.77. The van der Waals surface area contributed by atoms with Crippen LogP contribution in [0.2, 0.25) is 0 Å². The maximum Gasteiger partial charge on any atom is 0.243 e. The number of nitrogens with zero attached hydrogens (tertiary/aromatic N) is 1. The molecule has 1 saturated heterocycles. The Hall–Kier alpha value is -2.57. The molecule has 0 aliphatic carbocycles. The summed E-state index contributed by atoms with van der Waals surface area (Å²) in [5.41, 5.74) is -0.849. The van der Waals surface area contributed by atoms with E-state index in [1.807, 2.05) is 0 Å². The summed E-state index contributed by atoms with van der Waals surface area (Å²) in [6, 6.07) is 3.91. The van der Waals surface area contributed by atoms with Gasteiger partial charge in [-0.15, -0.1) is 0 Å². The van der Waals surface area contributed by atoms with Crippen molar-refractivity contribution in [1.82, 2.24) is 4.31 Å². The van der Waals surface area contributed by atoms with Crippen LogP contribution in [-0.2, 0) is 26.0 Å². The first-order valence-electron chi connectivity index (χ1n) is 9.02. The zero-order valence-electron chi connectivity index (χ0n) is 16.1. The SMILES string of the molecule is Cc1ccc(S(=O)(=O)N2CCOCC2)cc1NC(=O)Cc1c(F)c(F)c(F)c(F)c1F. The number of hydrogen-bond acceptors (Lipinski definition) is 4. The van der Waals surface area contributed by atoms with Crippen molar-refractivity contribution >= 4 is 21.6 Å². The summed E-state index contributed by atoms with van der Waals surface area (Å²) in [4.78, 5) is 12.1. The molecule has 0 radical (unpaired) electrons. The van der Waals surface area contributed by atoms with Crippen LogP contribution in [0.25, 0.3) is 0 Å². The van der Waals surface area contributed by atoms with E-state index in [-0.39, 0.29) is 36.9 Å². The average molecular weight is 464 g/mol. The van der Waals surface area contributed by atoms with Gasteiger partial charge < -0.3 is 10.1 Å². The van der Waals surface area contributed by atoms with Crippen molar-refractivity contribution in [3.05, 3.63) is 58.4 Å². The van der Waals surface area contributed by atoms with Gasteiger partial charge in [0.2, 0.25) is 21.7 Å². The molecule has 0 aromatic heterocycles. The third-order valence-corrected chi connectivity index (χ3v) is 6.62. The minimum atomic E-state index is -3.88. The Labute approximate surface area is 174 Å². The van der Waals surface area contributed by atoms with Gasteiger partial charge in [-0.25, -0.2) is 30.4 Å². The highest BCUT2D eigenvalue weighted by atomic mass is 32.2. The highest BCUT2D eigenvalue weighted by molar-refractivity contribution is 7.89. The fourth-order valence-electron chi connectivity index (χ4n) is 2.99. The smallest absolute Gasteiger partial charge is 0.243 e. The number of hydrogen-bond donors (Lipinski definition) is 1. The Morgan fingerprint density at radius 2 is 1.55 bits per heavy atom. The summed E-state index contributed by atoms with van der Waals surface area (Å²) in [7, 11) is -3.88. The van der Waals surface area contributed by atoms with Crippen molar-refractivity contribution < 1.29 is 39.9 Å². The van der Waals surface area contributed by atoms with E-state index in [9.17, 15) is 35.2 Å². The van der Waals surface area contributed by atoms with Crippen LogP contribution in [0.3, 0.4) is 0 Å². The van der Waals surface area contributed by atoms with Crippen molar-refractivity contribution in [2.75, 3.05) is 31.6 Å². The number of anilines is 1. The minimum Gasteiger partial charge on any atom is -0.379 e. The topological polar surface area (TPSA) is 75.7 Å². The molecule has 1 heterocycles. The summed E-state index contributed by atoms with van der Waals surface area (Å²) in [5.74, 6) is -11.9. The summed E-state index contributed by atoms with van der Waals surface area (Å²) < 4.78 is 99.3. The van der Waals surface area contributed by atoms with Gasteiger partial charge in [0.05, 0.1) is 24.5 Å². The quantitative estimate of drug-likeness (QED) is 0.420. The largest absolute Gasteiger partial charge is 0.379 e. The highest BCUT2D eigenvalue weighted by Gasteiger charge is 2.28. The van der Waals surface area contributed by atoms with Crippen molar-refractivity contribution in [2.45, 2.75) is 18.2 Å². The van der Waals surface area contributed by atoms with Crippen molar-refractivity contribution in [2.24, 2.45) is 0 Å². The number of carbonyl (C=O) groups excluding carboxylic acids is 1. The first-order valence-corrected chi connectivity index (χ1v) is 10.5. The minimum absolute atomic E-state index is 0.0169. The lowest BCUT2D eigenvalue weighted by Crippen LogP contribution is -2.40. The maximum absolute atomic E-state index is 13.8. The molecule has 1 fully saturated rings. The molecule has 2 aromatic carbocycles. The molecule has 1 N–H and O–H groups in total. The predicted molar refractivity (Wildman–Crippen MR) is 99.3 cm³/mol. The monoisotopic (exact) mass is 464 g/mol. The number of benzene rings is 2. The zero-order chi connectivity index (χ0) is 22.9. The van der Waals surface area contributed by atoms with Gasteiger partial charge in [-0.3, -0.25) is 4.79 Å². The van der Waals surface area contributed by atoms with Gasteiger partial charge in [-0.05, 0) is 24.6 Å². The van der Waals surface area contributed by atoms with Crippen LogP contribution in [0.15, 0.2) is 23.1 Å². The first kappa shape index (κ1) is 23.1. The number of sulfonamides is 1. The number of amides is 1. The molecule has 31 heavy (non-hydrogen) atoms. The molecule has 1 aliphatic rings. The van der Waals surface area contributed by atoms with E-state index >= 15 is 0 Å². The summed E-state index contributed by atoms with van der Waals surface area (Å²) in [6.45, 7) is 2.31. The molecule has 0 atom stereocenters. The molecule has 0 unspecified atom stereocenters. The van der Waals surface area contributed by atoms with E-state index in [1.165, 1.54) is 16.4 Å².